The van der Waals surface area contributed by atoms with E-state index in [0.717, 1.165) is 49.0 Å². The van der Waals surface area contributed by atoms with Crippen LogP contribution in [0, 0.1) is 13.8 Å². The molecular formula is C34H29F3N4O2S. The molecule has 224 valence electrons. The van der Waals surface area contributed by atoms with Crippen LogP contribution in [0.5, 0.6) is 0 Å². The normalized spacial score (nSPS) is 18.6. The zero-order chi connectivity index (χ0) is 31.4. The molecule has 3 heterocycles. The number of benzene rings is 3. The van der Waals surface area contributed by atoms with Crippen LogP contribution < -0.4 is 10.2 Å². The molecule has 3 aromatic carbocycles. The summed E-state index contributed by atoms with van der Waals surface area (Å²) in [6, 6.07) is 20.2. The van der Waals surface area contributed by atoms with Crippen LogP contribution in [-0.4, -0.2) is 33.0 Å². The molecule has 1 aliphatic heterocycles. The number of nitrogens with zero attached hydrogens (tertiary/aromatic N) is 3. The number of carbonyl (C=O) groups is 2. The van der Waals surface area contributed by atoms with Crippen molar-refractivity contribution >= 4 is 51.2 Å². The Labute approximate surface area is 256 Å². The van der Waals surface area contributed by atoms with Crippen molar-refractivity contribution in [3.63, 3.8) is 0 Å². The molecule has 0 radical (unpaired) electrons. The molecule has 1 aliphatic rings. The minimum atomic E-state index is -4.46. The third kappa shape index (κ3) is 5.06. The monoisotopic (exact) mass is 614 g/mol. The first kappa shape index (κ1) is 29.6. The van der Waals surface area contributed by atoms with Gasteiger partial charge in [0.15, 0.2) is 0 Å². The number of amides is 3. The second-order valence-electron chi connectivity index (χ2n) is 11.3. The smallest absolute Gasteiger partial charge is 0.322 e. The fraction of sp³-hybridized carbons (Fsp3) is 0.235. The van der Waals surface area contributed by atoms with Gasteiger partial charge >= 0.3 is 11.5 Å². The maximum atomic E-state index is 14.8. The van der Waals surface area contributed by atoms with Crippen molar-refractivity contribution in [1.29, 1.82) is 0 Å². The lowest BCUT2D eigenvalue weighted by Gasteiger charge is -2.39. The lowest BCUT2D eigenvalue weighted by molar-refractivity contribution is -0.123. The van der Waals surface area contributed by atoms with Crippen molar-refractivity contribution in [3.05, 3.63) is 107 Å². The highest BCUT2D eigenvalue weighted by Gasteiger charge is 2.59. The third-order valence-corrected chi connectivity index (χ3v) is 9.30. The molecule has 0 spiro atoms. The predicted octanol–water partition coefficient (Wildman–Crippen LogP) is 8.41. The van der Waals surface area contributed by atoms with Gasteiger partial charge in [-0.2, -0.15) is 13.2 Å². The molecule has 3 amide bonds. The first-order chi connectivity index (χ1) is 20.9. The molecule has 1 N–H and O–H groups in total. The van der Waals surface area contributed by atoms with E-state index < -0.39 is 34.8 Å². The summed E-state index contributed by atoms with van der Waals surface area (Å²) >= 11 is -0.254. The molecular weight excluding hydrogens is 585 g/mol. The van der Waals surface area contributed by atoms with Crippen molar-refractivity contribution in [2.75, 3.05) is 4.90 Å². The molecule has 6 rings (SSSR count). The highest BCUT2D eigenvalue weighted by atomic mass is 32.2. The Morgan fingerprint density at radius 2 is 1.27 bits per heavy atom. The lowest BCUT2D eigenvalue weighted by Crippen LogP contribution is -2.55. The fourth-order valence-corrected chi connectivity index (χ4v) is 6.90. The maximum absolute atomic E-state index is 14.8. The third-order valence-electron chi connectivity index (χ3n) is 8.57. The number of thioether (sulfide) groups is 1. The van der Waals surface area contributed by atoms with Gasteiger partial charge in [-0.15, -0.1) is 0 Å². The molecule has 0 aliphatic carbocycles. The number of pyridine rings is 2. The molecule has 1 fully saturated rings. The highest BCUT2D eigenvalue weighted by molar-refractivity contribution is 8.00. The van der Waals surface area contributed by atoms with Gasteiger partial charge < -0.3 is 5.32 Å². The van der Waals surface area contributed by atoms with Gasteiger partial charge in [-0.3, -0.25) is 14.8 Å². The number of hydrogen-bond acceptors (Lipinski definition) is 5. The Bertz CT molecular complexity index is 1840. The van der Waals surface area contributed by atoms with Gasteiger partial charge in [0.25, 0.3) is 5.91 Å². The summed E-state index contributed by atoms with van der Waals surface area (Å²) in [4.78, 5) is 38.7. The van der Waals surface area contributed by atoms with Gasteiger partial charge in [0.1, 0.15) is 5.54 Å². The first-order valence-corrected chi connectivity index (χ1v) is 14.9. The standard InChI is InChI=1S/C34H29F3N4O2S/c1-19-5-11-27-25(13-15-38-29(27)17-19)21(3)33(22(4)26-14-16-39-30-18-20(2)6-12-28(26)30)31(42)41(32(43)40-33)23-7-9-24(10-8-23)44-34(35,36)37/h5-18,21-22H,1-4H3,(H,40,43). The Morgan fingerprint density at radius 3 is 1.75 bits per heavy atom. The van der Waals surface area contributed by atoms with E-state index >= 15 is 0 Å². The summed E-state index contributed by atoms with van der Waals surface area (Å²) in [6.45, 7) is 7.80. The van der Waals surface area contributed by atoms with E-state index in [1.54, 1.807) is 12.4 Å². The quantitative estimate of drug-likeness (QED) is 0.154. The van der Waals surface area contributed by atoms with Crippen molar-refractivity contribution in [1.82, 2.24) is 15.3 Å². The number of halogens is 3. The summed E-state index contributed by atoms with van der Waals surface area (Å²) in [5, 5.41) is 4.80. The van der Waals surface area contributed by atoms with Crippen LogP contribution in [0.4, 0.5) is 23.7 Å². The van der Waals surface area contributed by atoms with E-state index in [-0.39, 0.29) is 22.3 Å². The average molecular weight is 615 g/mol. The Hall–Kier alpha value is -4.44. The van der Waals surface area contributed by atoms with E-state index in [0.29, 0.717) is 0 Å². The molecule has 0 bridgehead atoms. The van der Waals surface area contributed by atoms with Crippen molar-refractivity contribution in [2.45, 2.75) is 55.5 Å². The molecule has 44 heavy (non-hydrogen) atoms. The van der Waals surface area contributed by atoms with Crippen LogP contribution in [0.25, 0.3) is 21.8 Å². The molecule has 6 nitrogen and oxygen atoms in total. The van der Waals surface area contributed by atoms with Gasteiger partial charge in [-0.05, 0) is 96.4 Å². The van der Waals surface area contributed by atoms with Gasteiger partial charge in [-0.1, -0.05) is 38.1 Å². The number of urea groups is 1. The van der Waals surface area contributed by atoms with Crippen LogP contribution >= 0.6 is 11.8 Å². The predicted molar refractivity (Wildman–Crippen MR) is 167 cm³/mol. The Balaban J connectivity index is 1.52. The van der Waals surface area contributed by atoms with Crippen LogP contribution in [-0.2, 0) is 4.79 Å². The lowest BCUT2D eigenvalue weighted by atomic mass is 9.68. The Kier molecular flexibility index (Phi) is 7.36. The van der Waals surface area contributed by atoms with Crippen molar-refractivity contribution in [3.8, 4) is 0 Å². The number of aryl methyl sites for hydroxylation is 2. The van der Waals surface area contributed by atoms with Crippen molar-refractivity contribution < 1.29 is 22.8 Å². The fourth-order valence-electron chi connectivity index (χ4n) is 6.36. The van der Waals surface area contributed by atoms with E-state index in [4.69, 9.17) is 0 Å². The zero-order valence-corrected chi connectivity index (χ0v) is 25.3. The minimum Gasteiger partial charge on any atom is -0.322 e. The number of rotatable bonds is 6. The minimum absolute atomic E-state index is 0.0431. The molecule has 2 unspecified atom stereocenters. The van der Waals surface area contributed by atoms with Gasteiger partial charge in [-0.25, -0.2) is 9.69 Å². The number of nitrogens with one attached hydrogen (secondary N) is 1. The number of hydrogen-bond donors (Lipinski definition) is 1. The molecule has 2 aromatic heterocycles. The molecule has 0 saturated carbocycles. The SMILES string of the molecule is Cc1ccc2c(C(C)C3(C(C)c4ccnc5cc(C)ccc45)NC(=O)N(c4ccc(SC(F)(F)F)cc4)C3=O)ccnc2c1. The number of anilines is 1. The number of aromatic nitrogens is 2. The van der Waals surface area contributed by atoms with Gasteiger partial charge in [0, 0.05) is 39.9 Å². The second-order valence-corrected chi connectivity index (χ2v) is 12.4. The van der Waals surface area contributed by atoms with Gasteiger partial charge in [0.05, 0.1) is 16.7 Å². The maximum Gasteiger partial charge on any atom is 0.446 e. The number of imide groups is 1. The highest BCUT2D eigenvalue weighted by Crippen LogP contribution is 2.47. The number of carbonyl (C=O) groups excluding carboxylic acids is 2. The molecule has 5 aromatic rings. The largest absolute Gasteiger partial charge is 0.446 e. The van der Waals surface area contributed by atoms with Crippen LogP contribution in [0.2, 0.25) is 0 Å². The summed E-state index contributed by atoms with van der Waals surface area (Å²) < 4.78 is 38.9. The van der Waals surface area contributed by atoms with Crippen LogP contribution in [0.15, 0.2) is 90.1 Å². The Morgan fingerprint density at radius 1 is 0.773 bits per heavy atom. The summed E-state index contributed by atoms with van der Waals surface area (Å²) in [7, 11) is 0. The average Bonchev–Trinajstić information content (AvgIpc) is 3.25. The summed E-state index contributed by atoms with van der Waals surface area (Å²) in [6.07, 6.45) is 3.40. The van der Waals surface area contributed by atoms with E-state index in [1.807, 2.05) is 76.2 Å². The van der Waals surface area contributed by atoms with E-state index in [2.05, 4.69) is 15.3 Å². The van der Waals surface area contributed by atoms with E-state index in [9.17, 15) is 22.8 Å². The van der Waals surface area contributed by atoms with Gasteiger partial charge in [0.2, 0.25) is 0 Å². The zero-order valence-electron chi connectivity index (χ0n) is 24.4. The van der Waals surface area contributed by atoms with Crippen molar-refractivity contribution in [2.24, 2.45) is 0 Å². The molecule has 2 atom stereocenters. The van der Waals surface area contributed by atoms with Crippen LogP contribution in [0.1, 0.15) is 47.9 Å². The van der Waals surface area contributed by atoms with Crippen LogP contribution in [0.3, 0.4) is 0 Å². The second kappa shape index (κ2) is 10.9. The summed E-state index contributed by atoms with van der Waals surface area (Å²) in [5.41, 5.74) is -0.436. The molecule has 1 saturated heterocycles. The van der Waals surface area contributed by atoms with E-state index in [1.165, 1.54) is 24.3 Å². The summed E-state index contributed by atoms with van der Waals surface area (Å²) in [5.74, 6) is -1.57. The number of alkyl halides is 3. The first-order valence-electron chi connectivity index (χ1n) is 14.1. The topological polar surface area (TPSA) is 75.2 Å². The molecule has 10 heteroatoms. The number of fused-ring (bicyclic) bond motifs is 2.